The molecule has 0 aliphatic carbocycles. The van der Waals surface area contributed by atoms with Crippen LogP contribution in [0.5, 0.6) is 0 Å². The van der Waals surface area contributed by atoms with Crippen molar-refractivity contribution in [3.63, 3.8) is 0 Å². The number of hydrogen-bond acceptors (Lipinski definition) is 16. The molecule has 0 spiro atoms. The zero-order chi connectivity index (χ0) is 32.4. The predicted octanol–water partition coefficient (Wildman–Crippen LogP) is -0.430. The average Bonchev–Trinajstić information content (AvgIpc) is 2.86. The zero-order valence-electron chi connectivity index (χ0n) is 24.8. The molecule has 0 unspecified atom stereocenters. The summed E-state index contributed by atoms with van der Waals surface area (Å²) in [6, 6.07) is -1.15. The SMILES string of the molecule is CC(=O)N[C@@H]1[C@@H](OC(C)=O)[C@H](OC(C)=O)[C@@H](COC(C)=O)O[C@H]1S[C@@H]1CO[C@H](COC(C)=O)[C@@H](OC(C)=O)[C@@H]1OC(C)=O. The molecule has 2 heterocycles. The van der Waals surface area contributed by atoms with Gasteiger partial charge in [0.15, 0.2) is 24.4 Å². The highest BCUT2D eigenvalue weighted by atomic mass is 32.2. The number of amides is 1. The number of nitrogens with one attached hydrogen (secondary N) is 1. The summed E-state index contributed by atoms with van der Waals surface area (Å²) in [6.07, 6.45) is -7.15. The highest BCUT2D eigenvalue weighted by molar-refractivity contribution is 8.00. The first kappa shape index (κ1) is 35.8. The maximum atomic E-state index is 12.3. The summed E-state index contributed by atoms with van der Waals surface area (Å²) in [4.78, 5) is 83.6. The Bertz CT molecular complexity index is 1070. The molecule has 16 nitrogen and oxygen atoms in total. The molecule has 43 heavy (non-hydrogen) atoms. The number of thioether (sulfide) groups is 1. The Morgan fingerprint density at radius 2 is 1.07 bits per heavy atom. The van der Waals surface area contributed by atoms with Crippen LogP contribution in [0.25, 0.3) is 0 Å². The van der Waals surface area contributed by atoms with Crippen molar-refractivity contribution in [1.29, 1.82) is 0 Å². The van der Waals surface area contributed by atoms with Crippen molar-refractivity contribution in [3.05, 3.63) is 0 Å². The maximum absolute atomic E-state index is 12.3. The normalized spacial score (nSPS) is 30.2. The molecule has 2 fully saturated rings. The Morgan fingerprint density at radius 3 is 1.53 bits per heavy atom. The lowest BCUT2D eigenvalue weighted by molar-refractivity contribution is -0.212. The van der Waals surface area contributed by atoms with Crippen molar-refractivity contribution in [3.8, 4) is 0 Å². The van der Waals surface area contributed by atoms with Crippen LogP contribution in [-0.2, 0) is 71.5 Å². The van der Waals surface area contributed by atoms with Crippen molar-refractivity contribution >= 4 is 53.5 Å². The van der Waals surface area contributed by atoms with E-state index >= 15 is 0 Å². The molecule has 2 saturated heterocycles. The minimum atomic E-state index is -1.31. The molecule has 1 amide bonds. The summed E-state index contributed by atoms with van der Waals surface area (Å²) in [5, 5.41) is 1.82. The van der Waals surface area contributed by atoms with Gasteiger partial charge in [0.1, 0.15) is 36.9 Å². The van der Waals surface area contributed by atoms with Gasteiger partial charge >= 0.3 is 35.8 Å². The molecule has 0 saturated carbocycles. The molecule has 0 radical (unpaired) electrons. The van der Waals surface area contributed by atoms with Gasteiger partial charge in [0.05, 0.1) is 11.9 Å². The monoisotopic (exact) mass is 635 g/mol. The van der Waals surface area contributed by atoms with Crippen LogP contribution in [-0.4, -0.2) is 115 Å². The van der Waals surface area contributed by atoms with E-state index in [9.17, 15) is 33.6 Å². The highest BCUT2D eigenvalue weighted by Gasteiger charge is 2.54. The van der Waals surface area contributed by atoms with Gasteiger partial charge < -0.3 is 43.2 Å². The summed E-state index contributed by atoms with van der Waals surface area (Å²) < 4.78 is 44.1. The molecule has 2 aliphatic heterocycles. The Labute approximate surface area is 252 Å². The Morgan fingerprint density at radius 1 is 0.628 bits per heavy atom. The summed E-state index contributed by atoms with van der Waals surface area (Å²) in [7, 11) is 0. The second-order valence-corrected chi connectivity index (χ2v) is 11.1. The number of carbonyl (C=O) groups excluding carboxylic acids is 7. The number of esters is 6. The van der Waals surface area contributed by atoms with Crippen LogP contribution in [0, 0.1) is 0 Å². The van der Waals surface area contributed by atoms with Crippen molar-refractivity contribution in [2.24, 2.45) is 0 Å². The molecular formula is C26H37NO15S. The fourth-order valence-corrected chi connectivity index (χ4v) is 6.00. The largest absolute Gasteiger partial charge is 0.463 e. The van der Waals surface area contributed by atoms with Crippen LogP contribution in [0.15, 0.2) is 0 Å². The lowest BCUT2D eigenvalue weighted by Gasteiger charge is -2.47. The lowest BCUT2D eigenvalue weighted by atomic mass is 9.97. The van der Waals surface area contributed by atoms with E-state index in [1.807, 2.05) is 0 Å². The second-order valence-electron chi connectivity index (χ2n) is 9.72. The van der Waals surface area contributed by atoms with Gasteiger partial charge in [-0.05, 0) is 0 Å². The summed E-state index contributed by atoms with van der Waals surface area (Å²) in [6.45, 7) is 7.21. The van der Waals surface area contributed by atoms with E-state index in [4.69, 9.17) is 37.9 Å². The Kier molecular flexibility index (Phi) is 13.7. The number of hydrogen-bond donors (Lipinski definition) is 1. The van der Waals surface area contributed by atoms with Gasteiger partial charge in [-0.3, -0.25) is 33.6 Å². The van der Waals surface area contributed by atoms with E-state index in [0.717, 1.165) is 46.4 Å². The first-order valence-electron chi connectivity index (χ1n) is 13.2. The third-order valence-corrected chi connectivity index (χ3v) is 7.39. The van der Waals surface area contributed by atoms with E-state index in [1.165, 1.54) is 13.8 Å². The van der Waals surface area contributed by atoms with Gasteiger partial charge in [-0.15, -0.1) is 11.8 Å². The molecule has 9 atom stereocenters. The Balaban J connectivity index is 2.53. The van der Waals surface area contributed by atoms with Crippen molar-refractivity contribution < 1.29 is 71.5 Å². The molecule has 1 N–H and O–H groups in total. The molecular weight excluding hydrogens is 598 g/mol. The first-order chi connectivity index (χ1) is 20.1. The van der Waals surface area contributed by atoms with Crippen LogP contribution in [0.3, 0.4) is 0 Å². The third-order valence-electron chi connectivity index (χ3n) is 5.97. The van der Waals surface area contributed by atoms with Gasteiger partial charge in [0, 0.05) is 48.5 Å². The van der Waals surface area contributed by atoms with E-state index in [2.05, 4.69) is 5.32 Å². The number of ether oxygens (including phenoxy) is 8. The fourth-order valence-electron chi connectivity index (χ4n) is 4.54. The van der Waals surface area contributed by atoms with Gasteiger partial charge in [0.25, 0.3) is 0 Å². The quantitative estimate of drug-likeness (QED) is 0.226. The summed E-state index contributed by atoms with van der Waals surface area (Å²) >= 11 is 0.978. The van der Waals surface area contributed by atoms with Gasteiger partial charge in [-0.2, -0.15) is 0 Å². The molecule has 242 valence electrons. The smallest absolute Gasteiger partial charge is 0.303 e. The highest BCUT2D eigenvalue weighted by Crippen LogP contribution is 2.39. The topological polar surface area (TPSA) is 205 Å². The third kappa shape index (κ3) is 11.3. The summed E-state index contributed by atoms with van der Waals surface area (Å²) in [5.74, 6) is -4.80. The van der Waals surface area contributed by atoms with Gasteiger partial charge in [-0.25, -0.2) is 0 Å². The minimum Gasteiger partial charge on any atom is -0.463 e. The lowest BCUT2D eigenvalue weighted by Crippen LogP contribution is -2.66. The standard InChI is InChI=1S/C26H37NO15S/c1-11(28)27-21-25(41-17(7)34)23(39-15(5)32)19(9-36-13(3)30)42-26(21)43-20-10-37-18(8-35-12(2)29)22(38-14(4)31)24(20)40-16(6)33/h18-26H,8-10H2,1-7H3,(H,27,28)/t18-,19-,20-,21-,22-,23-,24-,25-,26+/m1/s1. The second kappa shape index (κ2) is 16.4. The van der Waals surface area contributed by atoms with E-state index < -0.39 is 102 Å². The van der Waals surface area contributed by atoms with E-state index in [-0.39, 0.29) is 13.2 Å². The maximum Gasteiger partial charge on any atom is 0.303 e. The first-order valence-corrected chi connectivity index (χ1v) is 14.2. The van der Waals surface area contributed by atoms with Crippen LogP contribution >= 0.6 is 11.8 Å². The molecule has 0 aromatic carbocycles. The minimum absolute atomic E-state index is 0.140. The number of carbonyl (C=O) groups is 7. The molecule has 17 heteroatoms. The van der Waals surface area contributed by atoms with Gasteiger partial charge in [0.2, 0.25) is 5.91 Å². The molecule has 0 aromatic rings. The Hall–Kier alpha value is -3.44. The molecule has 0 bridgehead atoms. The van der Waals surface area contributed by atoms with E-state index in [1.54, 1.807) is 0 Å². The van der Waals surface area contributed by atoms with Crippen LogP contribution < -0.4 is 5.32 Å². The fraction of sp³-hybridized carbons (Fsp3) is 0.731. The van der Waals surface area contributed by atoms with Crippen LogP contribution in [0.2, 0.25) is 0 Å². The van der Waals surface area contributed by atoms with Crippen LogP contribution in [0.1, 0.15) is 48.5 Å². The number of rotatable bonds is 11. The van der Waals surface area contributed by atoms with E-state index in [0.29, 0.717) is 0 Å². The molecule has 2 rings (SSSR count). The van der Waals surface area contributed by atoms with Crippen LogP contribution in [0.4, 0.5) is 0 Å². The molecule has 2 aliphatic rings. The van der Waals surface area contributed by atoms with Crippen molar-refractivity contribution in [1.82, 2.24) is 5.32 Å². The predicted molar refractivity (Wildman–Crippen MR) is 143 cm³/mol. The average molecular weight is 636 g/mol. The van der Waals surface area contributed by atoms with Crippen molar-refractivity contribution in [2.45, 2.75) is 102 Å². The summed E-state index contributed by atoms with van der Waals surface area (Å²) in [5.41, 5.74) is -1.12. The van der Waals surface area contributed by atoms with Crippen molar-refractivity contribution in [2.75, 3.05) is 19.8 Å². The molecule has 0 aromatic heterocycles. The zero-order valence-corrected chi connectivity index (χ0v) is 25.7. The van der Waals surface area contributed by atoms with Gasteiger partial charge in [-0.1, -0.05) is 0 Å².